The Balaban J connectivity index is 2.12. The topological polar surface area (TPSA) is 35.8 Å². The Morgan fingerprint density at radius 3 is 2.73 bits per heavy atom. The molecule has 0 aromatic heterocycles. The molecule has 1 N–H and O–H groups in total. The van der Waals surface area contributed by atoms with E-state index < -0.39 is 0 Å². The summed E-state index contributed by atoms with van der Waals surface area (Å²) in [5.41, 5.74) is -0.284. The Labute approximate surface area is 97.8 Å². The molecule has 1 aliphatic carbocycles. The van der Waals surface area contributed by atoms with Gasteiger partial charge in [-0.05, 0) is 50.5 Å². The van der Waals surface area contributed by atoms with Crippen LogP contribution in [0.3, 0.4) is 0 Å². The minimum absolute atomic E-state index is 0.284. The number of nitrogens with one attached hydrogen (secondary N) is 1. The van der Waals surface area contributed by atoms with Gasteiger partial charge in [-0.2, -0.15) is 17.0 Å². The minimum Gasteiger partial charge on any atom is -0.297 e. The van der Waals surface area contributed by atoms with Crippen molar-refractivity contribution >= 4 is 11.8 Å². The lowest BCUT2D eigenvalue weighted by Gasteiger charge is -2.23. The van der Waals surface area contributed by atoms with Gasteiger partial charge in [-0.15, -0.1) is 0 Å². The molecule has 0 heterocycles. The van der Waals surface area contributed by atoms with E-state index in [1.165, 1.54) is 30.8 Å². The molecule has 0 aliphatic heterocycles. The number of rotatable bonds is 8. The first kappa shape index (κ1) is 12.9. The van der Waals surface area contributed by atoms with Crippen LogP contribution in [0.25, 0.3) is 0 Å². The number of thioether (sulfide) groups is 1. The third-order valence-electron chi connectivity index (χ3n) is 2.66. The molecule has 2 nitrogen and oxygen atoms in total. The molecule has 1 saturated carbocycles. The van der Waals surface area contributed by atoms with Crippen molar-refractivity contribution in [3.63, 3.8) is 0 Å². The summed E-state index contributed by atoms with van der Waals surface area (Å²) < 4.78 is 0. The fraction of sp³-hybridized carbons (Fsp3) is 0.917. The molecule has 0 radical (unpaired) electrons. The molecule has 1 aliphatic rings. The SMILES string of the molecule is CCCSCCCC(C)(C#N)NC1CC1. The van der Waals surface area contributed by atoms with Gasteiger partial charge in [0.25, 0.3) is 0 Å². The summed E-state index contributed by atoms with van der Waals surface area (Å²) in [5, 5.41) is 12.6. The highest BCUT2D eigenvalue weighted by atomic mass is 32.2. The molecule has 1 atom stereocenters. The highest BCUT2D eigenvalue weighted by Crippen LogP contribution is 2.24. The van der Waals surface area contributed by atoms with Crippen molar-refractivity contribution in [2.45, 2.75) is 57.5 Å². The zero-order valence-electron chi connectivity index (χ0n) is 9.88. The normalized spacial score (nSPS) is 19.5. The summed E-state index contributed by atoms with van der Waals surface area (Å²) in [7, 11) is 0. The highest BCUT2D eigenvalue weighted by Gasteiger charge is 2.31. The molecule has 1 fully saturated rings. The molecule has 1 unspecified atom stereocenters. The summed E-state index contributed by atoms with van der Waals surface area (Å²) >= 11 is 2.00. The van der Waals surface area contributed by atoms with Crippen LogP contribution in [0, 0.1) is 11.3 Å². The Hall–Kier alpha value is -0.200. The Morgan fingerprint density at radius 2 is 2.20 bits per heavy atom. The van der Waals surface area contributed by atoms with Crippen molar-refractivity contribution in [2.24, 2.45) is 0 Å². The first-order chi connectivity index (χ1) is 7.20. The molecule has 0 saturated heterocycles. The van der Waals surface area contributed by atoms with E-state index in [1.54, 1.807) is 0 Å². The van der Waals surface area contributed by atoms with Gasteiger partial charge in [0.1, 0.15) is 5.54 Å². The smallest absolute Gasteiger partial charge is 0.104 e. The van der Waals surface area contributed by atoms with Crippen LogP contribution in [0.5, 0.6) is 0 Å². The zero-order valence-corrected chi connectivity index (χ0v) is 10.7. The van der Waals surface area contributed by atoms with E-state index >= 15 is 0 Å². The second-order valence-electron chi connectivity index (χ2n) is 4.58. The number of nitriles is 1. The van der Waals surface area contributed by atoms with Crippen LogP contribution in [0.2, 0.25) is 0 Å². The van der Waals surface area contributed by atoms with E-state index in [2.05, 4.69) is 18.3 Å². The van der Waals surface area contributed by atoms with Crippen LogP contribution in [-0.4, -0.2) is 23.1 Å². The van der Waals surface area contributed by atoms with Crippen LogP contribution < -0.4 is 5.32 Å². The van der Waals surface area contributed by atoms with Crippen molar-refractivity contribution in [3.05, 3.63) is 0 Å². The second kappa shape index (κ2) is 6.40. The first-order valence-electron chi connectivity index (χ1n) is 5.97. The third-order valence-corrected chi connectivity index (χ3v) is 3.93. The lowest BCUT2D eigenvalue weighted by Crippen LogP contribution is -2.42. The number of hydrogen-bond donors (Lipinski definition) is 1. The van der Waals surface area contributed by atoms with E-state index in [1.807, 2.05) is 18.7 Å². The van der Waals surface area contributed by atoms with Crippen LogP contribution in [-0.2, 0) is 0 Å². The van der Waals surface area contributed by atoms with Crippen LogP contribution in [0.1, 0.15) is 46.0 Å². The average Bonchev–Trinajstić information content (AvgIpc) is 3.01. The van der Waals surface area contributed by atoms with Crippen LogP contribution in [0.4, 0.5) is 0 Å². The van der Waals surface area contributed by atoms with Crippen LogP contribution in [0.15, 0.2) is 0 Å². The van der Waals surface area contributed by atoms with Crippen molar-refractivity contribution in [1.82, 2.24) is 5.32 Å². The van der Waals surface area contributed by atoms with Gasteiger partial charge in [0.05, 0.1) is 6.07 Å². The van der Waals surface area contributed by atoms with Crippen molar-refractivity contribution < 1.29 is 0 Å². The standard InChI is InChI=1S/C12H22N2S/c1-3-8-15-9-4-7-12(2,10-13)14-11-5-6-11/h11,14H,3-9H2,1-2H3. The van der Waals surface area contributed by atoms with Gasteiger partial charge in [-0.3, -0.25) is 5.32 Å². The largest absolute Gasteiger partial charge is 0.297 e. The highest BCUT2D eigenvalue weighted by molar-refractivity contribution is 7.99. The zero-order chi connectivity index (χ0) is 11.1. The second-order valence-corrected chi connectivity index (χ2v) is 5.80. The van der Waals surface area contributed by atoms with Gasteiger partial charge in [0.15, 0.2) is 0 Å². The number of nitrogens with zero attached hydrogens (tertiary/aromatic N) is 1. The fourth-order valence-electron chi connectivity index (χ4n) is 1.61. The average molecular weight is 226 g/mol. The third kappa shape index (κ3) is 5.44. The number of hydrogen-bond acceptors (Lipinski definition) is 3. The minimum atomic E-state index is -0.284. The van der Waals surface area contributed by atoms with Gasteiger partial charge in [-0.25, -0.2) is 0 Å². The predicted molar refractivity (Wildman–Crippen MR) is 67.0 cm³/mol. The molecule has 0 amide bonds. The molecule has 0 aromatic carbocycles. The van der Waals surface area contributed by atoms with Gasteiger partial charge >= 0.3 is 0 Å². The fourth-order valence-corrected chi connectivity index (χ4v) is 2.45. The van der Waals surface area contributed by atoms with Gasteiger partial charge < -0.3 is 0 Å². The van der Waals surface area contributed by atoms with Gasteiger partial charge in [-0.1, -0.05) is 6.92 Å². The Morgan fingerprint density at radius 1 is 1.47 bits per heavy atom. The summed E-state index contributed by atoms with van der Waals surface area (Å²) in [5.74, 6) is 2.44. The van der Waals surface area contributed by atoms with E-state index in [-0.39, 0.29) is 5.54 Å². The lowest BCUT2D eigenvalue weighted by atomic mass is 9.98. The molecular formula is C12H22N2S. The molecule has 86 valence electrons. The van der Waals surface area contributed by atoms with E-state index in [0.717, 1.165) is 12.8 Å². The first-order valence-corrected chi connectivity index (χ1v) is 7.12. The monoisotopic (exact) mass is 226 g/mol. The molecule has 0 bridgehead atoms. The summed E-state index contributed by atoms with van der Waals surface area (Å²) in [6.07, 6.45) is 5.88. The summed E-state index contributed by atoms with van der Waals surface area (Å²) in [6.45, 7) is 4.25. The molecule has 0 aromatic rings. The van der Waals surface area contributed by atoms with Gasteiger partial charge in [0.2, 0.25) is 0 Å². The van der Waals surface area contributed by atoms with E-state index in [4.69, 9.17) is 5.26 Å². The van der Waals surface area contributed by atoms with Crippen LogP contribution >= 0.6 is 11.8 Å². The maximum atomic E-state index is 9.15. The van der Waals surface area contributed by atoms with E-state index in [9.17, 15) is 0 Å². The van der Waals surface area contributed by atoms with Crippen molar-refractivity contribution in [1.29, 1.82) is 5.26 Å². The maximum Gasteiger partial charge on any atom is 0.104 e. The molecule has 15 heavy (non-hydrogen) atoms. The molecule has 3 heteroatoms. The van der Waals surface area contributed by atoms with Crippen molar-refractivity contribution in [2.75, 3.05) is 11.5 Å². The molecule has 1 rings (SSSR count). The lowest BCUT2D eigenvalue weighted by molar-refractivity contribution is 0.412. The van der Waals surface area contributed by atoms with Crippen molar-refractivity contribution in [3.8, 4) is 6.07 Å². The van der Waals surface area contributed by atoms with Gasteiger partial charge in [0, 0.05) is 6.04 Å². The predicted octanol–water partition coefficient (Wildman–Crippen LogP) is 2.94. The Bertz CT molecular complexity index is 220. The van der Waals surface area contributed by atoms with E-state index in [0.29, 0.717) is 6.04 Å². The Kier molecular flexibility index (Phi) is 5.49. The summed E-state index contributed by atoms with van der Waals surface area (Å²) in [6, 6.07) is 3.04. The molecular weight excluding hydrogens is 204 g/mol. The maximum absolute atomic E-state index is 9.15. The quantitative estimate of drug-likeness (QED) is 0.646. The molecule has 0 spiro atoms. The summed E-state index contributed by atoms with van der Waals surface area (Å²) in [4.78, 5) is 0.